The quantitative estimate of drug-likeness (QED) is 0.429. The summed E-state index contributed by atoms with van der Waals surface area (Å²) in [5, 5.41) is 13.8. The zero-order valence-corrected chi connectivity index (χ0v) is 17.1. The fourth-order valence-corrected chi connectivity index (χ4v) is 2.83. The van der Waals surface area contributed by atoms with Gasteiger partial charge in [-0.05, 0) is 38.4 Å². The third-order valence-electron chi connectivity index (χ3n) is 4.47. The maximum atomic E-state index is 12.8. The number of alkyl halides is 3. The van der Waals surface area contributed by atoms with Gasteiger partial charge in [-0.3, -0.25) is 14.9 Å². The summed E-state index contributed by atoms with van der Waals surface area (Å²) in [4.78, 5) is 29.3. The maximum absolute atomic E-state index is 12.8. The molecule has 0 atom stereocenters. The molecule has 1 amide bonds. The first-order valence-electron chi connectivity index (χ1n) is 9.42. The van der Waals surface area contributed by atoms with Crippen molar-refractivity contribution in [3.05, 3.63) is 69.9 Å². The van der Waals surface area contributed by atoms with E-state index in [1.54, 1.807) is 0 Å². The number of oxazole rings is 1. The third kappa shape index (κ3) is 5.30. The maximum Gasteiger partial charge on any atom is 0.416 e. The summed E-state index contributed by atoms with van der Waals surface area (Å²) >= 11 is 0. The number of benzene rings is 2. The van der Waals surface area contributed by atoms with E-state index in [2.05, 4.69) is 10.3 Å². The van der Waals surface area contributed by atoms with E-state index in [4.69, 9.17) is 4.42 Å². The molecule has 0 radical (unpaired) electrons. The van der Waals surface area contributed by atoms with Crippen LogP contribution in [-0.4, -0.2) is 47.9 Å². The first-order chi connectivity index (χ1) is 15.1. The molecule has 0 fully saturated rings. The van der Waals surface area contributed by atoms with E-state index < -0.39 is 22.6 Å². The number of non-ortho nitro benzene ring substituents is 1. The Bertz CT molecular complexity index is 1120. The lowest BCUT2D eigenvalue weighted by atomic mass is 10.1. The van der Waals surface area contributed by atoms with Gasteiger partial charge in [0.1, 0.15) is 0 Å². The van der Waals surface area contributed by atoms with Crippen LogP contribution in [0.15, 0.2) is 52.9 Å². The fourth-order valence-electron chi connectivity index (χ4n) is 2.83. The second kappa shape index (κ2) is 9.18. The van der Waals surface area contributed by atoms with Crippen LogP contribution in [0.1, 0.15) is 16.1 Å². The summed E-state index contributed by atoms with van der Waals surface area (Å²) in [6.45, 7) is 0.865. The lowest BCUT2D eigenvalue weighted by Crippen LogP contribution is -2.31. The summed E-state index contributed by atoms with van der Waals surface area (Å²) in [5.74, 6) is -0.681. The minimum atomic E-state index is -4.50. The minimum Gasteiger partial charge on any atom is -0.435 e. The van der Waals surface area contributed by atoms with Crippen LogP contribution in [-0.2, 0) is 6.18 Å². The van der Waals surface area contributed by atoms with E-state index >= 15 is 0 Å². The number of carbonyl (C=O) groups excluding carboxylic acids is 1. The first-order valence-corrected chi connectivity index (χ1v) is 9.42. The molecule has 0 aliphatic rings. The number of nitro benzene ring substituents is 1. The summed E-state index contributed by atoms with van der Waals surface area (Å²) in [5.41, 5.74) is -0.721. The van der Waals surface area contributed by atoms with Crippen LogP contribution in [0.5, 0.6) is 0 Å². The molecule has 0 saturated heterocycles. The molecule has 3 rings (SSSR count). The van der Waals surface area contributed by atoms with Crippen molar-refractivity contribution in [2.24, 2.45) is 0 Å². The second-order valence-electron chi connectivity index (χ2n) is 7.14. The Balaban J connectivity index is 2.02. The van der Waals surface area contributed by atoms with E-state index in [0.29, 0.717) is 13.1 Å². The van der Waals surface area contributed by atoms with Crippen molar-refractivity contribution in [3.8, 4) is 22.8 Å². The zero-order chi connectivity index (χ0) is 23.5. The normalized spacial score (nSPS) is 11.6. The van der Waals surface area contributed by atoms with E-state index in [0.717, 1.165) is 12.1 Å². The van der Waals surface area contributed by atoms with Crippen LogP contribution in [0.3, 0.4) is 0 Å². The van der Waals surface area contributed by atoms with Crippen LogP contribution < -0.4 is 5.32 Å². The van der Waals surface area contributed by atoms with Crippen molar-refractivity contribution in [2.75, 3.05) is 27.2 Å². The summed E-state index contributed by atoms with van der Waals surface area (Å²) in [6, 6.07) is 9.58. The standard InChI is InChI=1S/C21H19F3N4O4/c1-27(2)11-10-25-19(29)17-18(14-4-3-5-16(12-14)28(30)31)32-20(26-17)13-6-8-15(9-7-13)21(22,23)24/h3-9,12H,10-11H2,1-2H3,(H,25,29). The van der Waals surface area contributed by atoms with Crippen molar-refractivity contribution in [1.82, 2.24) is 15.2 Å². The number of likely N-dealkylation sites (N-methyl/N-ethyl adjacent to an activating group) is 1. The molecule has 0 unspecified atom stereocenters. The number of aromatic nitrogens is 1. The Morgan fingerprint density at radius 2 is 1.84 bits per heavy atom. The van der Waals surface area contributed by atoms with Gasteiger partial charge in [0.2, 0.25) is 5.89 Å². The molecule has 1 aromatic heterocycles. The van der Waals surface area contributed by atoms with E-state index in [1.165, 1.54) is 36.4 Å². The van der Waals surface area contributed by atoms with Gasteiger partial charge in [-0.25, -0.2) is 4.98 Å². The number of halogens is 3. The van der Waals surface area contributed by atoms with Crippen LogP contribution in [0.4, 0.5) is 18.9 Å². The van der Waals surface area contributed by atoms with Gasteiger partial charge >= 0.3 is 6.18 Å². The van der Waals surface area contributed by atoms with Crippen LogP contribution in [0.25, 0.3) is 22.8 Å². The molecule has 2 aromatic carbocycles. The fraction of sp³-hybridized carbons (Fsp3) is 0.238. The molecule has 168 valence electrons. The highest BCUT2D eigenvalue weighted by Gasteiger charge is 2.30. The monoisotopic (exact) mass is 448 g/mol. The molecule has 11 heteroatoms. The Hall–Kier alpha value is -3.73. The SMILES string of the molecule is CN(C)CCNC(=O)c1nc(-c2ccc(C(F)(F)F)cc2)oc1-c1cccc([N+](=O)[O-])c1. The number of nitrogens with zero attached hydrogens (tertiary/aromatic N) is 3. The van der Waals surface area contributed by atoms with Gasteiger partial charge in [0, 0.05) is 36.3 Å². The van der Waals surface area contributed by atoms with Crippen molar-refractivity contribution in [3.63, 3.8) is 0 Å². The molecule has 0 aliphatic heterocycles. The smallest absolute Gasteiger partial charge is 0.416 e. The van der Waals surface area contributed by atoms with Gasteiger partial charge in [-0.2, -0.15) is 13.2 Å². The highest BCUT2D eigenvalue weighted by molar-refractivity contribution is 5.98. The van der Waals surface area contributed by atoms with E-state index in [-0.39, 0.29) is 34.2 Å². The van der Waals surface area contributed by atoms with Gasteiger partial charge in [0.15, 0.2) is 11.5 Å². The lowest BCUT2D eigenvalue weighted by molar-refractivity contribution is -0.384. The molecule has 0 bridgehead atoms. The summed E-state index contributed by atoms with van der Waals surface area (Å²) < 4.78 is 44.2. The number of nitrogens with one attached hydrogen (secondary N) is 1. The molecule has 1 N–H and O–H groups in total. The predicted octanol–water partition coefficient (Wildman–Crippen LogP) is 4.23. The number of hydrogen-bond donors (Lipinski definition) is 1. The van der Waals surface area contributed by atoms with Crippen molar-refractivity contribution < 1.29 is 27.3 Å². The number of carbonyl (C=O) groups is 1. The Morgan fingerprint density at radius 3 is 2.44 bits per heavy atom. The summed E-state index contributed by atoms with van der Waals surface area (Å²) in [7, 11) is 3.67. The van der Waals surface area contributed by atoms with E-state index in [1.807, 2.05) is 19.0 Å². The Morgan fingerprint density at radius 1 is 1.16 bits per heavy atom. The molecule has 1 heterocycles. The molecule has 0 saturated carbocycles. The number of amides is 1. The van der Waals surface area contributed by atoms with Gasteiger partial charge in [0.05, 0.1) is 10.5 Å². The second-order valence-corrected chi connectivity index (χ2v) is 7.14. The first kappa shape index (κ1) is 22.9. The lowest BCUT2D eigenvalue weighted by Gasteiger charge is -2.09. The predicted molar refractivity (Wildman–Crippen MR) is 110 cm³/mol. The average molecular weight is 448 g/mol. The highest BCUT2D eigenvalue weighted by Crippen LogP contribution is 2.34. The van der Waals surface area contributed by atoms with E-state index in [9.17, 15) is 28.1 Å². The third-order valence-corrected chi connectivity index (χ3v) is 4.47. The van der Waals surface area contributed by atoms with Gasteiger partial charge in [-0.1, -0.05) is 12.1 Å². The van der Waals surface area contributed by atoms with Crippen LogP contribution in [0.2, 0.25) is 0 Å². The van der Waals surface area contributed by atoms with Crippen molar-refractivity contribution in [1.29, 1.82) is 0 Å². The van der Waals surface area contributed by atoms with Crippen LogP contribution in [0, 0.1) is 10.1 Å². The largest absolute Gasteiger partial charge is 0.435 e. The Labute approximate surface area is 180 Å². The molecule has 0 aliphatic carbocycles. The number of nitro groups is 1. The molecular weight excluding hydrogens is 429 g/mol. The van der Waals surface area contributed by atoms with Gasteiger partial charge in [0.25, 0.3) is 11.6 Å². The molecular formula is C21H19F3N4O4. The van der Waals surface area contributed by atoms with Crippen LogP contribution >= 0.6 is 0 Å². The average Bonchev–Trinajstić information content (AvgIpc) is 3.18. The molecule has 0 spiro atoms. The zero-order valence-electron chi connectivity index (χ0n) is 17.1. The number of rotatable bonds is 7. The Kier molecular flexibility index (Phi) is 6.58. The van der Waals surface area contributed by atoms with Gasteiger partial charge in [-0.15, -0.1) is 0 Å². The molecule has 3 aromatic rings. The highest BCUT2D eigenvalue weighted by atomic mass is 19.4. The number of hydrogen-bond acceptors (Lipinski definition) is 6. The van der Waals surface area contributed by atoms with Crippen molar-refractivity contribution >= 4 is 11.6 Å². The van der Waals surface area contributed by atoms with Crippen molar-refractivity contribution in [2.45, 2.75) is 6.18 Å². The summed E-state index contributed by atoms with van der Waals surface area (Å²) in [6.07, 6.45) is -4.50. The van der Waals surface area contributed by atoms with Gasteiger partial charge < -0.3 is 14.6 Å². The molecule has 8 nitrogen and oxygen atoms in total. The topological polar surface area (TPSA) is 102 Å². The molecule has 32 heavy (non-hydrogen) atoms. The minimum absolute atomic E-state index is 0.0223.